The first-order chi connectivity index (χ1) is 15.0. The van der Waals surface area contributed by atoms with Crippen LogP contribution in [0.15, 0.2) is 53.0 Å². The van der Waals surface area contributed by atoms with Crippen LogP contribution in [-0.2, 0) is 16.1 Å². The summed E-state index contributed by atoms with van der Waals surface area (Å²) in [5, 5.41) is 2.97. The fourth-order valence-electron chi connectivity index (χ4n) is 4.26. The highest BCUT2D eigenvalue weighted by molar-refractivity contribution is 9.10. The van der Waals surface area contributed by atoms with Crippen molar-refractivity contribution in [1.82, 2.24) is 9.80 Å². The van der Waals surface area contributed by atoms with Gasteiger partial charge < -0.3 is 15.1 Å². The van der Waals surface area contributed by atoms with E-state index in [1.165, 1.54) is 0 Å². The molecule has 1 unspecified atom stereocenters. The number of likely N-dealkylation sites (tertiary alicyclic amines) is 2. The number of anilines is 1. The van der Waals surface area contributed by atoms with Gasteiger partial charge in [-0.1, -0.05) is 28.1 Å². The monoisotopic (exact) mass is 483 g/mol. The van der Waals surface area contributed by atoms with Crippen LogP contribution in [0.2, 0.25) is 0 Å². The lowest BCUT2D eigenvalue weighted by molar-refractivity contribution is -0.133. The Kier molecular flexibility index (Phi) is 6.70. The first kappa shape index (κ1) is 21.6. The van der Waals surface area contributed by atoms with Gasteiger partial charge in [0, 0.05) is 41.8 Å². The number of hydrogen-bond donors (Lipinski definition) is 1. The van der Waals surface area contributed by atoms with Crippen LogP contribution in [0.3, 0.4) is 0 Å². The molecule has 0 spiro atoms. The molecule has 0 saturated carbocycles. The molecule has 7 heteroatoms. The number of nitrogens with one attached hydrogen (secondary N) is 1. The Balaban J connectivity index is 1.42. The fraction of sp³-hybridized carbons (Fsp3) is 0.375. The molecular formula is C24H26BrN3O3. The molecule has 6 nitrogen and oxygen atoms in total. The normalized spacial score (nSPS) is 18.9. The summed E-state index contributed by atoms with van der Waals surface area (Å²) in [5.41, 5.74) is 2.26. The molecule has 1 N–H and O–H groups in total. The number of benzene rings is 2. The minimum Gasteiger partial charge on any atom is -0.338 e. The Bertz CT molecular complexity index is 976. The number of amides is 3. The Morgan fingerprint density at radius 2 is 1.84 bits per heavy atom. The van der Waals surface area contributed by atoms with Crippen LogP contribution in [0.25, 0.3) is 0 Å². The lowest BCUT2D eigenvalue weighted by Crippen LogP contribution is -2.43. The third-order valence-electron chi connectivity index (χ3n) is 5.90. The summed E-state index contributed by atoms with van der Waals surface area (Å²) >= 11 is 3.38. The summed E-state index contributed by atoms with van der Waals surface area (Å²) in [6, 6.07) is 14.3. The van der Waals surface area contributed by atoms with Crippen molar-refractivity contribution < 1.29 is 14.4 Å². The molecule has 2 aromatic carbocycles. The van der Waals surface area contributed by atoms with Crippen LogP contribution in [0.5, 0.6) is 0 Å². The molecule has 0 radical (unpaired) electrons. The molecule has 2 heterocycles. The van der Waals surface area contributed by atoms with Gasteiger partial charge in [0.25, 0.3) is 5.91 Å². The highest BCUT2D eigenvalue weighted by Gasteiger charge is 2.34. The van der Waals surface area contributed by atoms with Crippen LogP contribution >= 0.6 is 15.9 Å². The van der Waals surface area contributed by atoms with E-state index >= 15 is 0 Å². The SMILES string of the molecule is O=C(Nc1cccc(CN2CCCCC2=O)c1)C1CCCN1C(=O)c1ccc(Br)cc1. The number of nitrogens with zero attached hydrogens (tertiary/aromatic N) is 2. The topological polar surface area (TPSA) is 69.7 Å². The van der Waals surface area contributed by atoms with Gasteiger partial charge in [-0.25, -0.2) is 0 Å². The first-order valence-electron chi connectivity index (χ1n) is 10.8. The van der Waals surface area contributed by atoms with Gasteiger partial charge in [-0.3, -0.25) is 14.4 Å². The van der Waals surface area contributed by atoms with Crippen LogP contribution in [0.1, 0.15) is 48.0 Å². The molecule has 0 aliphatic carbocycles. The molecule has 2 aliphatic heterocycles. The zero-order valence-electron chi connectivity index (χ0n) is 17.4. The molecule has 2 fully saturated rings. The van der Waals surface area contributed by atoms with Crippen LogP contribution < -0.4 is 5.32 Å². The number of rotatable bonds is 5. The third kappa shape index (κ3) is 5.15. The van der Waals surface area contributed by atoms with E-state index in [2.05, 4.69) is 21.2 Å². The van der Waals surface area contributed by atoms with Gasteiger partial charge in [-0.2, -0.15) is 0 Å². The van der Waals surface area contributed by atoms with Gasteiger partial charge in [0.15, 0.2) is 0 Å². The van der Waals surface area contributed by atoms with Crippen LogP contribution in [0, 0.1) is 0 Å². The lowest BCUT2D eigenvalue weighted by atomic mass is 10.1. The van der Waals surface area contributed by atoms with E-state index in [4.69, 9.17) is 0 Å². The van der Waals surface area contributed by atoms with E-state index in [9.17, 15) is 14.4 Å². The number of piperidine rings is 1. The van der Waals surface area contributed by atoms with Gasteiger partial charge in [-0.15, -0.1) is 0 Å². The van der Waals surface area contributed by atoms with Gasteiger partial charge in [0.1, 0.15) is 6.04 Å². The standard InChI is InChI=1S/C24H26BrN3O3/c25-19-11-9-18(10-12-19)24(31)28-14-4-7-21(28)23(30)26-20-6-3-5-17(15-20)16-27-13-2-1-8-22(27)29/h3,5-6,9-12,15,21H,1-2,4,7-8,13-14,16H2,(H,26,30). The maximum Gasteiger partial charge on any atom is 0.254 e. The molecule has 2 aromatic rings. The van der Waals surface area contributed by atoms with Crippen LogP contribution in [-0.4, -0.2) is 46.7 Å². The van der Waals surface area contributed by atoms with E-state index in [1.54, 1.807) is 17.0 Å². The van der Waals surface area contributed by atoms with E-state index < -0.39 is 6.04 Å². The summed E-state index contributed by atoms with van der Waals surface area (Å²) in [6.45, 7) is 1.91. The zero-order valence-corrected chi connectivity index (χ0v) is 18.9. The average molecular weight is 484 g/mol. The molecule has 2 saturated heterocycles. The van der Waals surface area contributed by atoms with Gasteiger partial charge in [-0.05, 0) is 67.6 Å². The zero-order chi connectivity index (χ0) is 21.8. The van der Waals surface area contributed by atoms with E-state index in [0.29, 0.717) is 37.2 Å². The maximum atomic E-state index is 13.0. The summed E-state index contributed by atoms with van der Waals surface area (Å²) in [7, 11) is 0. The smallest absolute Gasteiger partial charge is 0.254 e. The van der Waals surface area contributed by atoms with Gasteiger partial charge in [0.2, 0.25) is 11.8 Å². The minimum absolute atomic E-state index is 0.123. The quantitative estimate of drug-likeness (QED) is 0.692. The van der Waals surface area contributed by atoms with E-state index in [0.717, 1.165) is 35.8 Å². The Morgan fingerprint density at radius 3 is 2.61 bits per heavy atom. The van der Waals surface area contributed by atoms with Crippen molar-refractivity contribution in [3.63, 3.8) is 0 Å². The third-order valence-corrected chi connectivity index (χ3v) is 6.43. The second-order valence-electron chi connectivity index (χ2n) is 8.13. The van der Waals surface area contributed by atoms with Crippen molar-refractivity contribution in [3.8, 4) is 0 Å². The summed E-state index contributed by atoms with van der Waals surface area (Å²) in [5.74, 6) is -0.106. The van der Waals surface area contributed by atoms with Crippen molar-refractivity contribution in [2.45, 2.75) is 44.7 Å². The minimum atomic E-state index is -0.483. The fourth-order valence-corrected chi connectivity index (χ4v) is 4.53. The van der Waals surface area contributed by atoms with E-state index in [1.807, 2.05) is 41.3 Å². The lowest BCUT2D eigenvalue weighted by Gasteiger charge is -2.27. The molecule has 4 rings (SSSR count). The summed E-state index contributed by atoms with van der Waals surface area (Å²) < 4.78 is 0.908. The highest BCUT2D eigenvalue weighted by atomic mass is 79.9. The largest absolute Gasteiger partial charge is 0.338 e. The molecule has 3 amide bonds. The van der Waals surface area contributed by atoms with Gasteiger partial charge in [0.05, 0.1) is 0 Å². The van der Waals surface area contributed by atoms with Crippen molar-refractivity contribution >= 4 is 39.3 Å². The predicted molar refractivity (Wildman–Crippen MR) is 123 cm³/mol. The average Bonchev–Trinajstić information content (AvgIpc) is 3.26. The maximum absolute atomic E-state index is 13.0. The Hall–Kier alpha value is -2.67. The molecule has 162 valence electrons. The molecule has 0 aromatic heterocycles. The number of halogens is 1. The molecular weight excluding hydrogens is 458 g/mol. The number of hydrogen-bond acceptors (Lipinski definition) is 3. The predicted octanol–water partition coefficient (Wildman–Crippen LogP) is 4.20. The van der Waals surface area contributed by atoms with E-state index in [-0.39, 0.29) is 17.7 Å². The Morgan fingerprint density at radius 1 is 1.03 bits per heavy atom. The Labute approximate surface area is 190 Å². The van der Waals surface area contributed by atoms with Crippen molar-refractivity contribution in [1.29, 1.82) is 0 Å². The first-order valence-corrected chi connectivity index (χ1v) is 11.5. The molecule has 2 aliphatic rings. The van der Waals surface area contributed by atoms with Crippen LogP contribution in [0.4, 0.5) is 5.69 Å². The molecule has 0 bridgehead atoms. The van der Waals surface area contributed by atoms with Crippen molar-refractivity contribution in [2.75, 3.05) is 18.4 Å². The second-order valence-corrected chi connectivity index (χ2v) is 9.04. The molecule has 1 atom stereocenters. The van der Waals surface area contributed by atoms with Crippen molar-refractivity contribution in [3.05, 3.63) is 64.1 Å². The summed E-state index contributed by atoms with van der Waals surface area (Å²) in [4.78, 5) is 41.5. The highest BCUT2D eigenvalue weighted by Crippen LogP contribution is 2.23. The number of carbonyl (C=O) groups excluding carboxylic acids is 3. The van der Waals surface area contributed by atoms with Crippen molar-refractivity contribution in [2.24, 2.45) is 0 Å². The molecule has 31 heavy (non-hydrogen) atoms. The summed E-state index contributed by atoms with van der Waals surface area (Å²) in [6.07, 6.45) is 4.06. The van der Waals surface area contributed by atoms with Gasteiger partial charge >= 0.3 is 0 Å². The number of carbonyl (C=O) groups is 3. The second kappa shape index (κ2) is 9.64.